The van der Waals surface area contributed by atoms with E-state index < -0.39 is 16.0 Å². The van der Waals surface area contributed by atoms with Crippen molar-refractivity contribution in [2.24, 2.45) is 0 Å². The van der Waals surface area contributed by atoms with Gasteiger partial charge in [0.2, 0.25) is 10.0 Å². The van der Waals surface area contributed by atoms with Gasteiger partial charge in [-0.1, -0.05) is 6.92 Å². The zero-order valence-electron chi connectivity index (χ0n) is 16.0. The molecule has 1 N–H and O–H groups in total. The molecule has 0 atom stereocenters. The van der Waals surface area contributed by atoms with Crippen molar-refractivity contribution in [1.82, 2.24) is 14.6 Å². The molecule has 1 aromatic heterocycles. The van der Waals surface area contributed by atoms with Crippen LogP contribution in [0.25, 0.3) is 0 Å². The van der Waals surface area contributed by atoms with E-state index in [-0.39, 0.29) is 30.0 Å². The summed E-state index contributed by atoms with van der Waals surface area (Å²) in [6, 6.07) is 2.93. The second kappa shape index (κ2) is 9.27. The summed E-state index contributed by atoms with van der Waals surface area (Å²) in [6.45, 7) is 6.40. The number of sulfonamides is 1. The molecule has 1 amide bonds. The summed E-state index contributed by atoms with van der Waals surface area (Å²) in [5, 5.41) is 0. The second-order valence-electron chi connectivity index (χ2n) is 6.55. The number of aryl methyl sites for hydroxylation is 1. The van der Waals surface area contributed by atoms with Crippen LogP contribution in [0, 0.1) is 6.92 Å². The third-order valence-corrected chi connectivity index (χ3v) is 6.04. The van der Waals surface area contributed by atoms with Gasteiger partial charge in [-0.3, -0.25) is 4.79 Å². The fourth-order valence-electron chi connectivity index (χ4n) is 3.05. The topological polar surface area (TPSA) is 106 Å². The van der Waals surface area contributed by atoms with E-state index in [0.29, 0.717) is 43.6 Å². The van der Waals surface area contributed by atoms with E-state index in [1.807, 2.05) is 6.92 Å². The van der Waals surface area contributed by atoms with E-state index in [2.05, 4.69) is 9.71 Å². The van der Waals surface area contributed by atoms with Gasteiger partial charge in [-0.2, -0.15) is 0 Å². The number of carbonyl (C=O) groups excluding carboxylic acids is 2. The first-order valence-electron chi connectivity index (χ1n) is 9.21. The quantitative estimate of drug-likeness (QED) is 0.699. The van der Waals surface area contributed by atoms with Crippen LogP contribution in [0.2, 0.25) is 0 Å². The molecule has 0 aliphatic carbocycles. The molecule has 8 nitrogen and oxygen atoms in total. The molecule has 0 spiro atoms. The number of hydrogen-bond acceptors (Lipinski definition) is 6. The number of nitrogens with zero attached hydrogens (tertiary/aromatic N) is 2. The summed E-state index contributed by atoms with van der Waals surface area (Å²) in [7, 11) is -3.25. The van der Waals surface area contributed by atoms with Crippen molar-refractivity contribution in [1.29, 1.82) is 0 Å². The van der Waals surface area contributed by atoms with Crippen LogP contribution < -0.4 is 4.72 Å². The highest BCUT2D eigenvalue weighted by molar-refractivity contribution is 7.89. The summed E-state index contributed by atoms with van der Waals surface area (Å²) in [4.78, 5) is 30.4. The van der Waals surface area contributed by atoms with Crippen molar-refractivity contribution in [3.63, 3.8) is 0 Å². The van der Waals surface area contributed by atoms with Crippen molar-refractivity contribution in [2.75, 3.05) is 25.4 Å². The molecule has 1 aliphatic heterocycles. The Labute approximate surface area is 160 Å². The first kappa shape index (κ1) is 21.3. The molecule has 0 radical (unpaired) electrons. The van der Waals surface area contributed by atoms with Gasteiger partial charge < -0.3 is 9.64 Å². The van der Waals surface area contributed by atoms with E-state index in [1.54, 1.807) is 24.8 Å². The van der Waals surface area contributed by atoms with Gasteiger partial charge in [-0.05, 0) is 45.2 Å². The number of nitrogens with one attached hydrogen (secondary N) is 1. The molecular weight excluding hydrogens is 370 g/mol. The van der Waals surface area contributed by atoms with Gasteiger partial charge in [0.05, 0.1) is 23.6 Å². The maximum Gasteiger partial charge on any atom is 0.339 e. The van der Waals surface area contributed by atoms with Crippen molar-refractivity contribution < 1.29 is 22.7 Å². The minimum absolute atomic E-state index is 0.113. The Morgan fingerprint density at radius 1 is 1.26 bits per heavy atom. The molecule has 0 bridgehead atoms. The van der Waals surface area contributed by atoms with Gasteiger partial charge in [0.25, 0.3) is 5.91 Å². The maximum atomic E-state index is 12.7. The third kappa shape index (κ3) is 5.74. The molecule has 2 heterocycles. The maximum absolute atomic E-state index is 12.7. The first-order valence-corrected chi connectivity index (χ1v) is 10.9. The van der Waals surface area contributed by atoms with Gasteiger partial charge in [-0.25, -0.2) is 22.9 Å². The number of piperidine rings is 1. The fourth-order valence-corrected chi connectivity index (χ4v) is 4.45. The summed E-state index contributed by atoms with van der Waals surface area (Å²) in [5.41, 5.74) is 1.06. The predicted molar refractivity (Wildman–Crippen MR) is 101 cm³/mol. The van der Waals surface area contributed by atoms with Crippen molar-refractivity contribution in [3.8, 4) is 0 Å². The number of likely N-dealkylation sites (tertiary alicyclic amines) is 1. The van der Waals surface area contributed by atoms with Gasteiger partial charge in [0, 0.05) is 19.1 Å². The Hall–Kier alpha value is -2.00. The van der Waals surface area contributed by atoms with E-state index in [0.717, 1.165) is 0 Å². The zero-order chi connectivity index (χ0) is 20.0. The average molecular weight is 397 g/mol. The van der Waals surface area contributed by atoms with Crippen LogP contribution in [0.3, 0.4) is 0 Å². The molecule has 1 fully saturated rings. The highest BCUT2D eigenvalue weighted by atomic mass is 32.2. The van der Waals surface area contributed by atoms with Crippen LogP contribution in [0.5, 0.6) is 0 Å². The Kier molecular flexibility index (Phi) is 7.32. The van der Waals surface area contributed by atoms with Crippen LogP contribution in [0.4, 0.5) is 0 Å². The largest absolute Gasteiger partial charge is 0.462 e. The molecule has 2 rings (SSSR count). The zero-order valence-corrected chi connectivity index (χ0v) is 16.8. The lowest BCUT2D eigenvalue weighted by atomic mass is 10.1. The van der Waals surface area contributed by atoms with Crippen LogP contribution in [0.15, 0.2) is 12.1 Å². The van der Waals surface area contributed by atoms with Crippen molar-refractivity contribution in [2.45, 2.75) is 46.1 Å². The van der Waals surface area contributed by atoms with Gasteiger partial charge in [0.1, 0.15) is 5.69 Å². The average Bonchev–Trinajstić information content (AvgIpc) is 2.61. The lowest BCUT2D eigenvalue weighted by Gasteiger charge is -2.32. The highest BCUT2D eigenvalue weighted by Gasteiger charge is 2.27. The normalized spacial score (nSPS) is 15.6. The Balaban J connectivity index is 1.98. The molecule has 1 aliphatic rings. The van der Waals surface area contributed by atoms with E-state index in [4.69, 9.17) is 4.74 Å². The molecule has 0 aromatic carbocycles. The molecule has 1 aromatic rings. The Bertz CT molecular complexity index is 786. The number of rotatable bonds is 7. The molecule has 1 saturated heterocycles. The number of esters is 1. The van der Waals surface area contributed by atoms with Crippen molar-refractivity contribution >= 4 is 21.9 Å². The Morgan fingerprint density at radius 2 is 1.93 bits per heavy atom. The minimum Gasteiger partial charge on any atom is -0.462 e. The van der Waals surface area contributed by atoms with Crippen LogP contribution >= 0.6 is 0 Å². The Morgan fingerprint density at radius 3 is 2.48 bits per heavy atom. The molecular formula is C18H27N3O5S. The number of hydrogen-bond donors (Lipinski definition) is 1. The monoisotopic (exact) mass is 397 g/mol. The van der Waals surface area contributed by atoms with Crippen LogP contribution in [-0.4, -0.2) is 61.7 Å². The number of ether oxygens (including phenoxy) is 1. The number of pyridine rings is 1. The fraction of sp³-hybridized carbons (Fsp3) is 0.611. The van der Waals surface area contributed by atoms with Gasteiger partial charge in [-0.15, -0.1) is 0 Å². The molecule has 0 unspecified atom stereocenters. The van der Waals surface area contributed by atoms with Crippen molar-refractivity contribution in [3.05, 3.63) is 29.1 Å². The third-order valence-electron chi connectivity index (χ3n) is 4.40. The van der Waals surface area contributed by atoms with Crippen LogP contribution in [0.1, 0.15) is 59.7 Å². The van der Waals surface area contributed by atoms with E-state index >= 15 is 0 Å². The summed E-state index contributed by atoms with van der Waals surface area (Å²) in [6.07, 6.45) is 1.70. The molecule has 150 valence electrons. The summed E-state index contributed by atoms with van der Waals surface area (Å²) < 4.78 is 31.4. The van der Waals surface area contributed by atoms with Crippen LogP contribution in [-0.2, 0) is 14.8 Å². The lowest BCUT2D eigenvalue weighted by molar-refractivity contribution is 0.0523. The van der Waals surface area contributed by atoms with E-state index in [1.165, 1.54) is 6.07 Å². The number of carbonyl (C=O) groups is 2. The summed E-state index contributed by atoms with van der Waals surface area (Å²) >= 11 is 0. The second-order valence-corrected chi connectivity index (χ2v) is 8.43. The smallest absolute Gasteiger partial charge is 0.339 e. The molecule has 27 heavy (non-hydrogen) atoms. The van der Waals surface area contributed by atoms with Gasteiger partial charge in [0.15, 0.2) is 0 Å². The number of amides is 1. The molecule has 0 saturated carbocycles. The van der Waals surface area contributed by atoms with E-state index in [9.17, 15) is 18.0 Å². The van der Waals surface area contributed by atoms with Gasteiger partial charge >= 0.3 is 5.97 Å². The molecule has 9 heteroatoms. The lowest BCUT2D eigenvalue weighted by Crippen LogP contribution is -2.47. The summed E-state index contributed by atoms with van der Waals surface area (Å²) in [5.74, 6) is -0.563. The number of aromatic nitrogens is 1. The SMILES string of the molecule is CCCS(=O)(=O)NC1CCN(C(=O)c2ccc(C(=O)OCC)c(C)n2)CC1. The predicted octanol–water partition coefficient (Wildman–Crippen LogP) is 1.50. The highest BCUT2D eigenvalue weighted by Crippen LogP contribution is 2.16. The minimum atomic E-state index is -3.25. The first-order chi connectivity index (χ1) is 12.8. The standard InChI is InChI=1S/C18H27N3O5S/c1-4-12-27(24,25)20-14-8-10-21(11-9-14)17(22)16-7-6-15(13(3)19-16)18(23)26-5-2/h6-7,14,20H,4-5,8-12H2,1-3H3.